The van der Waals surface area contributed by atoms with Gasteiger partial charge in [-0.3, -0.25) is 9.78 Å². The lowest BCUT2D eigenvalue weighted by Gasteiger charge is -2.27. The molecule has 27 heavy (non-hydrogen) atoms. The second-order valence-corrected chi connectivity index (χ2v) is 7.40. The molecular formula is C21H27N5O. The zero-order valence-corrected chi connectivity index (χ0v) is 15.8. The predicted octanol–water partition coefficient (Wildman–Crippen LogP) is 3.55. The summed E-state index contributed by atoms with van der Waals surface area (Å²) >= 11 is 0. The van der Waals surface area contributed by atoms with Crippen molar-refractivity contribution >= 4 is 11.9 Å². The Bertz CT molecular complexity index is 765. The number of likely N-dealkylation sites (tertiary alicyclic amines) is 1. The summed E-state index contributed by atoms with van der Waals surface area (Å²) < 4.78 is 0. The highest BCUT2D eigenvalue weighted by molar-refractivity contribution is 5.99. The quantitative estimate of drug-likeness (QED) is 0.832. The molecule has 0 N–H and O–H groups in total. The monoisotopic (exact) mass is 365 g/mol. The van der Waals surface area contributed by atoms with E-state index in [1.165, 1.54) is 19.3 Å². The predicted molar refractivity (Wildman–Crippen MR) is 106 cm³/mol. The number of carbonyl (C=O) groups excluding carboxylic acids is 1. The Morgan fingerprint density at radius 3 is 2.26 bits per heavy atom. The summed E-state index contributed by atoms with van der Waals surface area (Å²) in [5.41, 5.74) is 1.95. The molecule has 2 fully saturated rings. The summed E-state index contributed by atoms with van der Waals surface area (Å²) in [4.78, 5) is 31.3. The second kappa shape index (κ2) is 8.46. The lowest BCUT2D eigenvalue weighted by Crippen LogP contribution is -2.34. The van der Waals surface area contributed by atoms with E-state index in [2.05, 4.69) is 14.9 Å². The Morgan fingerprint density at radius 1 is 0.852 bits per heavy atom. The Hall–Kier alpha value is -2.50. The van der Waals surface area contributed by atoms with Gasteiger partial charge in [0.25, 0.3) is 5.91 Å². The molecule has 2 aliphatic heterocycles. The lowest BCUT2D eigenvalue weighted by atomic mass is 10.1. The third kappa shape index (κ3) is 4.10. The third-order valence-corrected chi connectivity index (χ3v) is 5.45. The molecule has 4 rings (SSSR count). The Balaban J connectivity index is 1.70. The molecular weight excluding hydrogens is 338 g/mol. The van der Waals surface area contributed by atoms with E-state index in [1.54, 1.807) is 12.4 Å². The molecule has 1 amide bonds. The van der Waals surface area contributed by atoms with Crippen LogP contribution in [0.25, 0.3) is 11.4 Å². The van der Waals surface area contributed by atoms with Crippen LogP contribution in [0.3, 0.4) is 0 Å². The van der Waals surface area contributed by atoms with Crippen molar-refractivity contribution in [2.75, 3.05) is 31.1 Å². The van der Waals surface area contributed by atoms with Crippen molar-refractivity contribution in [1.29, 1.82) is 0 Å². The van der Waals surface area contributed by atoms with E-state index in [0.29, 0.717) is 17.2 Å². The molecule has 2 aromatic heterocycles. The number of amides is 1. The zero-order valence-electron chi connectivity index (χ0n) is 15.8. The van der Waals surface area contributed by atoms with Crippen molar-refractivity contribution in [2.45, 2.75) is 44.9 Å². The van der Waals surface area contributed by atoms with Gasteiger partial charge in [-0.1, -0.05) is 18.9 Å². The average molecular weight is 365 g/mol. The molecule has 6 heteroatoms. The number of hydrogen-bond donors (Lipinski definition) is 0. The van der Waals surface area contributed by atoms with Gasteiger partial charge in [0, 0.05) is 38.6 Å². The van der Waals surface area contributed by atoms with Crippen LogP contribution in [0.1, 0.15) is 55.3 Å². The van der Waals surface area contributed by atoms with Crippen LogP contribution < -0.4 is 4.90 Å². The Kier molecular flexibility index (Phi) is 5.61. The second-order valence-electron chi connectivity index (χ2n) is 7.40. The van der Waals surface area contributed by atoms with Gasteiger partial charge in [0.05, 0.1) is 11.3 Å². The van der Waals surface area contributed by atoms with Gasteiger partial charge in [0.15, 0.2) is 0 Å². The van der Waals surface area contributed by atoms with Gasteiger partial charge in [-0.2, -0.15) is 0 Å². The highest BCUT2D eigenvalue weighted by Crippen LogP contribution is 2.25. The number of anilines is 1. The SMILES string of the molecule is O=C(c1cnc(N2CCCCC2)nc1-c1ccccn1)N1CCCCCC1. The summed E-state index contributed by atoms with van der Waals surface area (Å²) in [6.45, 7) is 3.57. The molecule has 4 heterocycles. The number of nitrogens with zero attached hydrogens (tertiary/aromatic N) is 5. The molecule has 2 saturated heterocycles. The van der Waals surface area contributed by atoms with Crippen molar-refractivity contribution in [3.05, 3.63) is 36.2 Å². The van der Waals surface area contributed by atoms with E-state index in [0.717, 1.165) is 57.6 Å². The molecule has 2 aromatic rings. The molecule has 6 nitrogen and oxygen atoms in total. The highest BCUT2D eigenvalue weighted by atomic mass is 16.2. The van der Waals surface area contributed by atoms with Gasteiger partial charge in [0.1, 0.15) is 5.69 Å². The smallest absolute Gasteiger partial charge is 0.257 e. The number of piperidine rings is 1. The standard InChI is InChI=1S/C21H27N5O/c27-20(25-12-6-1-2-7-13-25)17-16-23-21(26-14-8-3-9-15-26)24-19(17)18-10-4-5-11-22-18/h4-5,10-11,16H,1-3,6-9,12-15H2. The van der Waals surface area contributed by atoms with Crippen LogP contribution in [0.4, 0.5) is 5.95 Å². The number of hydrogen-bond acceptors (Lipinski definition) is 5. The molecule has 142 valence electrons. The number of pyridine rings is 1. The molecule has 2 aliphatic rings. The molecule has 0 atom stereocenters. The van der Waals surface area contributed by atoms with Gasteiger partial charge in [-0.05, 0) is 44.2 Å². The molecule has 0 spiro atoms. The largest absolute Gasteiger partial charge is 0.341 e. The van der Waals surface area contributed by atoms with E-state index in [1.807, 2.05) is 23.1 Å². The fourth-order valence-corrected chi connectivity index (χ4v) is 3.92. The molecule has 0 unspecified atom stereocenters. The minimum atomic E-state index is 0.0303. The fraction of sp³-hybridized carbons (Fsp3) is 0.524. The van der Waals surface area contributed by atoms with Crippen molar-refractivity contribution in [2.24, 2.45) is 0 Å². The van der Waals surface area contributed by atoms with Crippen molar-refractivity contribution in [1.82, 2.24) is 19.9 Å². The van der Waals surface area contributed by atoms with Crippen LogP contribution in [0.5, 0.6) is 0 Å². The first-order valence-electron chi connectivity index (χ1n) is 10.2. The summed E-state index contributed by atoms with van der Waals surface area (Å²) in [6, 6.07) is 5.74. The average Bonchev–Trinajstić information content (AvgIpc) is 3.04. The normalized spacial score (nSPS) is 18.2. The number of rotatable bonds is 3. The van der Waals surface area contributed by atoms with Crippen molar-refractivity contribution in [3.63, 3.8) is 0 Å². The first kappa shape index (κ1) is 17.9. The van der Waals surface area contributed by atoms with E-state index < -0.39 is 0 Å². The number of aromatic nitrogens is 3. The van der Waals surface area contributed by atoms with E-state index >= 15 is 0 Å². The maximum atomic E-state index is 13.2. The van der Waals surface area contributed by atoms with Gasteiger partial charge in [-0.15, -0.1) is 0 Å². The van der Waals surface area contributed by atoms with Crippen LogP contribution in [0.15, 0.2) is 30.6 Å². The molecule has 0 radical (unpaired) electrons. The van der Waals surface area contributed by atoms with Gasteiger partial charge >= 0.3 is 0 Å². The maximum Gasteiger partial charge on any atom is 0.257 e. The van der Waals surface area contributed by atoms with Crippen LogP contribution >= 0.6 is 0 Å². The summed E-state index contributed by atoms with van der Waals surface area (Å²) in [5.74, 6) is 0.741. The van der Waals surface area contributed by atoms with Gasteiger partial charge < -0.3 is 9.80 Å². The molecule has 0 bridgehead atoms. The van der Waals surface area contributed by atoms with E-state index in [9.17, 15) is 4.79 Å². The van der Waals surface area contributed by atoms with Crippen molar-refractivity contribution < 1.29 is 4.79 Å². The van der Waals surface area contributed by atoms with E-state index in [4.69, 9.17) is 4.98 Å². The van der Waals surface area contributed by atoms with Crippen LogP contribution in [0.2, 0.25) is 0 Å². The fourth-order valence-electron chi connectivity index (χ4n) is 3.92. The highest BCUT2D eigenvalue weighted by Gasteiger charge is 2.24. The minimum Gasteiger partial charge on any atom is -0.341 e. The van der Waals surface area contributed by atoms with Crippen LogP contribution in [-0.4, -0.2) is 51.9 Å². The zero-order chi connectivity index (χ0) is 18.5. The first-order valence-corrected chi connectivity index (χ1v) is 10.2. The number of carbonyl (C=O) groups is 1. The topological polar surface area (TPSA) is 62.2 Å². The van der Waals surface area contributed by atoms with E-state index in [-0.39, 0.29) is 5.91 Å². The molecule has 0 aliphatic carbocycles. The lowest BCUT2D eigenvalue weighted by molar-refractivity contribution is 0.0761. The van der Waals surface area contributed by atoms with Gasteiger partial charge in [0.2, 0.25) is 5.95 Å². The minimum absolute atomic E-state index is 0.0303. The summed E-state index contributed by atoms with van der Waals surface area (Å²) in [5, 5.41) is 0. The maximum absolute atomic E-state index is 13.2. The first-order chi connectivity index (χ1) is 13.3. The van der Waals surface area contributed by atoms with Crippen LogP contribution in [0, 0.1) is 0 Å². The molecule has 0 aromatic carbocycles. The van der Waals surface area contributed by atoms with Crippen LogP contribution in [-0.2, 0) is 0 Å². The van der Waals surface area contributed by atoms with Crippen molar-refractivity contribution in [3.8, 4) is 11.4 Å². The molecule has 0 saturated carbocycles. The van der Waals surface area contributed by atoms with Gasteiger partial charge in [-0.25, -0.2) is 9.97 Å². The third-order valence-electron chi connectivity index (χ3n) is 5.45. The summed E-state index contributed by atoms with van der Waals surface area (Å²) in [7, 11) is 0. The Labute approximate surface area is 160 Å². The Morgan fingerprint density at radius 2 is 1.56 bits per heavy atom. The summed E-state index contributed by atoms with van der Waals surface area (Å²) in [6.07, 6.45) is 11.6.